The monoisotopic (exact) mass is 397 g/mol. The smallest absolute Gasteiger partial charge is 0.253 e. The zero-order valence-electron chi connectivity index (χ0n) is 16.5. The highest BCUT2D eigenvalue weighted by Crippen LogP contribution is 2.38. The van der Waals surface area contributed by atoms with Crippen LogP contribution in [-0.4, -0.2) is 51.2 Å². The number of H-pyrrole nitrogens is 1. The Balaban J connectivity index is 1.58. The van der Waals surface area contributed by atoms with Crippen molar-refractivity contribution >= 4 is 22.7 Å². The maximum atomic E-state index is 12.4. The van der Waals surface area contributed by atoms with Crippen LogP contribution in [0.1, 0.15) is 20.7 Å². The van der Waals surface area contributed by atoms with Crippen molar-refractivity contribution in [1.29, 1.82) is 0 Å². The van der Waals surface area contributed by atoms with Gasteiger partial charge in [0.15, 0.2) is 11.5 Å². The minimum atomic E-state index is -0.314. The van der Waals surface area contributed by atoms with Gasteiger partial charge in [-0.05, 0) is 18.2 Å². The molecular weight excluding hydrogens is 374 g/mol. The van der Waals surface area contributed by atoms with Crippen molar-refractivity contribution in [2.24, 2.45) is 0 Å². The van der Waals surface area contributed by atoms with Crippen LogP contribution in [0.5, 0.6) is 17.2 Å². The summed E-state index contributed by atoms with van der Waals surface area (Å²) in [5.41, 5.74) is 1.83. The van der Waals surface area contributed by atoms with Crippen LogP contribution in [-0.2, 0) is 0 Å². The number of aromatic nitrogens is 1. The van der Waals surface area contributed by atoms with E-state index < -0.39 is 0 Å². The van der Waals surface area contributed by atoms with Crippen molar-refractivity contribution < 1.29 is 23.8 Å². The van der Waals surface area contributed by atoms with E-state index in [1.165, 1.54) is 21.3 Å². The molecule has 1 aromatic heterocycles. The lowest BCUT2D eigenvalue weighted by Gasteiger charge is -2.14. The number of carbonyl (C=O) groups excluding carboxylic acids is 2. The summed E-state index contributed by atoms with van der Waals surface area (Å²) in [5, 5.41) is 6.42. The van der Waals surface area contributed by atoms with E-state index in [4.69, 9.17) is 14.2 Å². The normalized spacial score (nSPS) is 10.4. The highest BCUT2D eigenvalue weighted by molar-refractivity contribution is 6.06. The first-order chi connectivity index (χ1) is 14.1. The van der Waals surface area contributed by atoms with Gasteiger partial charge in [-0.3, -0.25) is 9.59 Å². The summed E-state index contributed by atoms with van der Waals surface area (Å²) in [5.74, 6) is 0.682. The highest BCUT2D eigenvalue weighted by Gasteiger charge is 2.17. The maximum Gasteiger partial charge on any atom is 0.253 e. The van der Waals surface area contributed by atoms with E-state index in [-0.39, 0.29) is 24.9 Å². The number of methoxy groups -OCH3 is 3. The molecule has 0 aliphatic heterocycles. The lowest BCUT2D eigenvalue weighted by molar-refractivity contribution is 0.0928. The lowest BCUT2D eigenvalue weighted by atomic mass is 10.1. The second-order valence-corrected chi connectivity index (χ2v) is 6.17. The molecule has 3 rings (SSSR count). The van der Waals surface area contributed by atoms with Gasteiger partial charge in [0.25, 0.3) is 11.8 Å². The third-order valence-electron chi connectivity index (χ3n) is 4.46. The lowest BCUT2D eigenvalue weighted by Crippen LogP contribution is -2.34. The fourth-order valence-electron chi connectivity index (χ4n) is 3.02. The average Bonchev–Trinajstić information content (AvgIpc) is 3.19. The average molecular weight is 397 g/mol. The van der Waals surface area contributed by atoms with Crippen LogP contribution in [0.2, 0.25) is 0 Å². The van der Waals surface area contributed by atoms with E-state index in [1.54, 1.807) is 18.3 Å². The van der Waals surface area contributed by atoms with Crippen LogP contribution in [0.4, 0.5) is 0 Å². The molecule has 0 fully saturated rings. The van der Waals surface area contributed by atoms with Gasteiger partial charge < -0.3 is 29.8 Å². The molecule has 2 aromatic carbocycles. The second kappa shape index (κ2) is 9.01. The fraction of sp³-hybridized carbons (Fsp3) is 0.238. The van der Waals surface area contributed by atoms with Crippen LogP contribution in [0.3, 0.4) is 0 Å². The number of benzene rings is 2. The predicted octanol–water partition coefficient (Wildman–Crippen LogP) is 2.35. The summed E-state index contributed by atoms with van der Waals surface area (Å²) in [7, 11) is 4.47. The zero-order chi connectivity index (χ0) is 20.8. The molecule has 0 aliphatic rings. The molecule has 0 unspecified atom stereocenters. The van der Waals surface area contributed by atoms with E-state index in [9.17, 15) is 9.59 Å². The first-order valence-electron chi connectivity index (χ1n) is 9.01. The molecule has 3 aromatic rings. The number of ether oxygens (including phenoxy) is 3. The van der Waals surface area contributed by atoms with E-state index in [2.05, 4.69) is 15.6 Å². The van der Waals surface area contributed by atoms with Gasteiger partial charge in [-0.15, -0.1) is 0 Å². The summed E-state index contributed by atoms with van der Waals surface area (Å²) in [6, 6.07) is 10.7. The summed E-state index contributed by atoms with van der Waals surface area (Å²) < 4.78 is 15.8. The molecule has 0 bridgehead atoms. The Kier molecular flexibility index (Phi) is 6.23. The Morgan fingerprint density at radius 3 is 2.14 bits per heavy atom. The van der Waals surface area contributed by atoms with Gasteiger partial charge in [0, 0.05) is 35.8 Å². The molecule has 0 atom stereocenters. The third kappa shape index (κ3) is 4.26. The van der Waals surface area contributed by atoms with Gasteiger partial charge in [-0.25, -0.2) is 0 Å². The Hall–Kier alpha value is -3.68. The minimum Gasteiger partial charge on any atom is -0.493 e. The molecule has 8 nitrogen and oxygen atoms in total. The van der Waals surface area contributed by atoms with Crippen molar-refractivity contribution in [3.8, 4) is 17.2 Å². The molecule has 0 spiro atoms. The number of hydrogen-bond donors (Lipinski definition) is 3. The van der Waals surface area contributed by atoms with Crippen LogP contribution < -0.4 is 24.8 Å². The first kappa shape index (κ1) is 20.1. The topological polar surface area (TPSA) is 102 Å². The molecule has 0 saturated carbocycles. The number of para-hydroxylation sites is 1. The molecule has 0 saturated heterocycles. The minimum absolute atomic E-state index is 0.204. The van der Waals surface area contributed by atoms with Gasteiger partial charge in [0.2, 0.25) is 5.75 Å². The van der Waals surface area contributed by atoms with Gasteiger partial charge in [0.1, 0.15) is 0 Å². The maximum absolute atomic E-state index is 12.4. The Morgan fingerprint density at radius 2 is 1.52 bits per heavy atom. The Bertz CT molecular complexity index is 1000. The summed E-state index contributed by atoms with van der Waals surface area (Å²) in [6.45, 7) is 0.554. The first-order valence-corrected chi connectivity index (χ1v) is 9.01. The van der Waals surface area contributed by atoms with Gasteiger partial charge in [-0.2, -0.15) is 0 Å². The van der Waals surface area contributed by atoms with Crippen LogP contribution in [0.25, 0.3) is 10.9 Å². The molecule has 29 heavy (non-hydrogen) atoms. The second-order valence-electron chi connectivity index (χ2n) is 6.17. The molecule has 0 radical (unpaired) electrons. The molecule has 2 amide bonds. The Morgan fingerprint density at radius 1 is 0.897 bits per heavy atom. The third-order valence-corrected chi connectivity index (χ3v) is 4.46. The van der Waals surface area contributed by atoms with Crippen molar-refractivity contribution in [2.45, 2.75) is 0 Å². The molecule has 8 heteroatoms. The van der Waals surface area contributed by atoms with Gasteiger partial charge >= 0.3 is 0 Å². The largest absolute Gasteiger partial charge is 0.493 e. The van der Waals surface area contributed by atoms with Crippen molar-refractivity contribution in [3.05, 3.63) is 53.7 Å². The van der Waals surface area contributed by atoms with Crippen molar-refractivity contribution in [2.75, 3.05) is 34.4 Å². The van der Waals surface area contributed by atoms with Crippen molar-refractivity contribution in [3.63, 3.8) is 0 Å². The standard InChI is InChI=1S/C21H23N3O5/c1-27-17-10-13(11-18(28-2)19(17)29-3)20(25)22-8-9-23-21(26)15-12-24-16-7-5-4-6-14(15)16/h4-7,10-12,24H,8-9H2,1-3H3,(H,22,25)(H,23,26). The number of carbonyl (C=O) groups is 2. The van der Waals surface area contributed by atoms with Gasteiger partial charge in [-0.1, -0.05) is 18.2 Å². The molecule has 0 aliphatic carbocycles. The van der Waals surface area contributed by atoms with Gasteiger partial charge in [0.05, 0.1) is 26.9 Å². The number of rotatable bonds is 8. The quantitative estimate of drug-likeness (QED) is 0.507. The van der Waals surface area contributed by atoms with Crippen LogP contribution in [0.15, 0.2) is 42.6 Å². The summed E-state index contributed by atoms with van der Waals surface area (Å²) in [4.78, 5) is 27.9. The van der Waals surface area contributed by atoms with Crippen molar-refractivity contribution in [1.82, 2.24) is 15.6 Å². The summed E-state index contributed by atoms with van der Waals surface area (Å²) >= 11 is 0. The molecule has 3 N–H and O–H groups in total. The summed E-state index contributed by atoms with van der Waals surface area (Å²) in [6.07, 6.45) is 1.68. The van der Waals surface area contributed by atoms with Crippen LogP contribution in [0, 0.1) is 0 Å². The van der Waals surface area contributed by atoms with E-state index in [0.29, 0.717) is 28.4 Å². The SMILES string of the molecule is COc1cc(C(=O)NCCNC(=O)c2c[nH]c3ccccc23)cc(OC)c1OC. The number of nitrogens with one attached hydrogen (secondary N) is 3. The Labute approximate surface area is 168 Å². The molecule has 1 heterocycles. The highest BCUT2D eigenvalue weighted by atomic mass is 16.5. The van der Waals surface area contributed by atoms with E-state index in [1.807, 2.05) is 24.3 Å². The number of amides is 2. The van der Waals surface area contributed by atoms with E-state index in [0.717, 1.165) is 10.9 Å². The van der Waals surface area contributed by atoms with Crippen LogP contribution >= 0.6 is 0 Å². The number of fused-ring (bicyclic) bond motifs is 1. The predicted molar refractivity (Wildman–Crippen MR) is 109 cm³/mol. The van der Waals surface area contributed by atoms with E-state index >= 15 is 0 Å². The molecular formula is C21H23N3O5. The fourth-order valence-corrected chi connectivity index (χ4v) is 3.02. The molecule has 152 valence electrons. The zero-order valence-corrected chi connectivity index (χ0v) is 16.5. The number of hydrogen-bond acceptors (Lipinski definition) is 5. The number of aromatic amines is 1.